The molecule has 1 spiro atoms. The Morgan fingerprint density at radius 2 is 1.81 bits per heavy atom. The molecule has 0 atom stereocenters. The summed E-state index contributed by atoms with van der Waals surface area (Å²) >= 11 is 0. The minimum Gasteiger partial charge on any atom is -0.496 e. The van der Waals surface area contributed by atoms with E-state index in [4.69, 9.17) is 4.74 Å². The van der Waals surface area contributed by atoms with Gasteiger partial charge in [-0.2, -0.15) is 0 Å². The van der Waals surface area contributed by atoms with Gasteiger partial charge in [0.25, 0.3) is 5.91 Å². The van der Waals surface area contributed by atoms with Gasteiger partial charge in [0.2, 0.25) is 5.91 Å². The molecule has 4 rings (SSSR count). The number of hydrogen-bond donors (Lipinski definition) is 2. The van der Waals surface area contributed by atoms with E-state index >= 15 is 0 Å². The summed E-state index contributed by atoms with van der Waals surface area (Å²) in [5.41, 5.74) is 1.56. The highest BCUT2D eigenvalue weighted by molar-refractivity contribution is 5.96. The molecule has 3 N–H and O–H groups in total. The molecule has 2 aromatic carbocycles. The van der Waals surface area contributed by atoms with Crippen molar-refractivity contribution in [3.8, 4) is 5.75 Å². The van der Waals surface area contributed by atoms with Crippen LogP contribution in [0.25, 0.3) is 0 Å². The van der Waals surface area contributed by atoms with E-state index in [0.29, 0.717) is 19.6 Å². The maximum Gasteiger partial charge on any atom is 0.250 e. The number of hydrogen-bond acceptors (Lipinski definition) is 4. The number of carbonyl (C=O) groups excluding carboxylic acids is 2. The minimum atomic E-state index is -0.534. The van der Waals surface area contributed by atoms with E-state index in [1.54, 1.807) is 12.0 Å². The smallest absolute Gasteiger partial charge is 0.250 e. The van der Waals surface area contributed by atoms with Gasteiger partial charge in [0.1, 0.15) is 17.8 Å². The second-order valence-electron chi connectivity index (χ2n) is 8.22. The molecule has 0 unspecified atom stereocenters. The molecule has 2 fully saturated rings. The lowest BCUT2D eigenvalue weighted by atomic mass is 9.86. The Bertz CT molecular complexity index is 912. The summed E-state index contributed by atoms with van der Waals surface area (Å²) in [4.78, 5) is 30.0. The molecule has 2 aromatic rings. The lowest BCUT2D eigenvalue weighted by Gasteiger charge is -2.38. The van der Waals surface area contributed by atoms with Gasteiger partial charge in [-0.05, 0) is 30.2 Å². The normalized spacial score (nSPS) is 17.8. The first kappa shape index (κ1) is 21.2. The molecule has 0 saturated carbocycles. The number of piperidine rings is 1. The van der Waals surface area contributed by atoms with Crippen LogP contribution in [0.15, 0.2) is 54.6 Å². The zero-order valence-corrected chi connectivity index (χ0v) is 18.0. The highest BCUT2D eigenvalue weighted by Gasteiger charge is 2.54. The van der Waals surface area contributed by atoms with Crippen molar-refractivity contribution in [2.45, 2.75) is 24.8 Å². The molecule has 0 radical (unpaired) electrons. The Labute approximate surface area is 183 Å². The molecule has 7 heteroatoms. The number of nitrogens with zero attached hydrogens (tertiary/aromatic N) is 2. The number of amides is 2. The predicted molar refractivity (Wildman–Crippen MR) is 119 cm³/mol. The predicted octanol–water partition coefficient (Wildman–Crippen LogP) is 0.756. The minimum absolute atomic E-state index is 0.0735. The summed E-state index contributed by atoms with van der Waals surface area (Å²) in [6.45, 7) is 2.88. The quantitative estimate of drug-likeness (QED) is 0.689. The topological polar surface area (TPSA) is 78.5 Å². The molecule has 2 heterocycles. The molecule has 2 saturated heterocycles. The molecule has 2 aliphatic heterocycles. The van der Waals surface area contributed by atoms with Gasteiger partial charge >= 0.3 is 0 Å². The number of benzene rings is 2. The Balaban J connectivity index is 1.40. The zero-order chi connectivity index (χ0) is 21.7. The number of rotatable bonds is 7. The van der Waals surface area contributed by atoms with Crippen molar-refractivity contribution >= 4 is 17.5 Å². The molecule has 0 aromatic heterocycles. The number of nitrogens with one attached hydrogen (secondary N) is 1. The summed E-state index contributed by atoms with van der Waals surface area (Å²) in [7, 11) is 1.65. The SMILES string of the molecule is COc1ccccc1CCNC(=O)CN1CN(c2ccccc2)C2(CC[NH2+]CC2)C1=O. The Kier molecular flexibility index (Phi) is 6.42. The summed E-state index contributed by atoms with van der Waals surface area (Å²) in [6, 6.07) is 17.9. The van der Waals surface area contributed by atoms with Gasteiger partial charge in [0, 0.05) is 25.1 Å². The molecule has 164 valence electrons. The molecule has 2 aliphatic rings. The van der Waals surface area contributed by atoms with Crippen LogP contribution in [-0.2, 0) is 16.0 Å². The van der Waals surface area contributed by atoms with E-state index in [-0.39, 0.29) is 18.4 Å². The second-order valence-corrected chi connectivity index (χ2v) is 8.22. The van der Waals surface area contributed by atoms with Crippen molar-refractivity contribution in [2.24, 2.45) is 0 Å². The van der Waals surface area contributed by atoms with Crippen molar-refractivity contribution in [2.75, 3.05) is 44.9 Å². The largest absolute Gasteiger partial charge is 0.496 e. The zero-order valence-electron chi connectivity index (χ0n) is 18.0. The number of anilines is 1. The first-order valence-corrected chi connectivity index (χ1v) is 11.0. The fraction of sp³-hybridized carbons (Fsp3) is 0.417. The van der Waals surface area contributed by atoms with Crippen LogP contribution in [0, 0.1) is 0 Å². The maximum absolute atomic E-state index is 13.5. The highest BCUT2D eigenvalue weighted by Crippen LogP contribution is 2.37. The lowest BCUT2D eigenvalue weighted by molar-refractivity contribution is -0.664. The van der Waals surface area contributed by atoms with E-state index in [0.717, 1.165) is 42.9 Å². The number of carbonyl (C=O) groups is 2. The van der Waals surface area contributed by atoms with E-state index < -0.39 is 5.54 Å². The molecule has 7 nitrogen and oxygen atoms in total. The van der Waals surface area contributed by atoms with Crippen molar-refractivity contribution in [3.05, 3.63) is 60.2 Å². The molecular weight excluding hydrogens is 392 g/mol. The van der Waals surface area contributed by atoms with Crippen LogP contribution in [-0.4, -0.2) is 62.2 Å². The standard InChI is InChI=1S/C24H30N4O3/c1-31-21-10-6-5-7-19(21)11-14-26-22(29)17-27-18-28(20-8-3-2-4-9-20)24(23(27)30)12-15-25-16-13-24/h2-10,25H,11-18H2,1H3,(H,26,29)/p+1. The van der Waals surface area contributed by atoms with Crippen molar-refractivity contribution in [3.63, 3.8) is 0 Å². The highest BCUT2D eigenvalue weighted by atomic mass is 16.5. The second kappa shape index (κ2) is 9.39. The third-order valence-electron chi connectivity index (χ3n) is 6.35. The van der Waals surface area contributed by atoms with Crippen molar-refractivity contribution in [1.29, 1.82) is 0 Å². The monoisotopic (exact) mass is 423 g/mol. The van der Waals surface area contributed by atoms with Gasteiger partial charge < -0.3 is 25.2 Å². The van der Waals surface area contributed by atoms with Crippen LogP contribution >= 0.6 is 0 Å². The van der Waals surface area contributed by atoms with E-state index in [2.05, 4.69) is 15.5 Å². The fourth-order valence-electron chi connectivity index (χ4n) is 4.75. The number of methoxy groups -OCH3 is 1. The van der Waals surface area contributed by atoms with Gasteiger partial charge in [-0.3, -0.25) is 9.59 Å². The van der Waals surface area contributed by atoms with Gasteiger partial charge in [0.15, 0.2) is 0 Å². The Hall–Kier alpha value is -3.06. The van der Waals surface area contributed by atoms with Gasteiger partial charge in [-0.15, -0.1) is 0 Å². The van der Waals surface area contributed by atoms with Crippen LogP contribution in [0.2, 0.25) is 0 Å². The fourth-order valence-corrected chi connectivity index (χ4v) is 4.75. The van der Waals surface area contributed by atoms with Gasteiger partial charge in [0.05, 0.1) is 26.9 Å². The first-order chi connectivity index (χ1) is 15.1. The number of para-hydroxylation sites is 2. The summed E-state index contributed by atoms with van der Waals surface area (Å²) in [5, 5.41) is 5.22. The van der Waals surface area contributed by atoms with Crippen LogP contribution in [0.5, 0.6) is 5.75 Å². The Morgan fingerprint density at radius 3 is 2.55 bits per heavy atom. The summed E-state index contributed by atoms with van der Waals surface area (Å²) in [5.74, 6) is 0.765. The van der Waals surface area contributed by atoms with Gasteiger partial charge in [-0.25, -0.2) is 0 Å². The average molecular weight is 424 g/mol. The van der Waals surface area contributed by atoms with Crippen molar-refractivity contribution in [1.82, 2.24) is 10.2 Å². The number of nitrogens with two attached hydrogens (primary N) is 1. The molecule has 31 heavy (non-hydrogen) atoms. The molecule has 0 bridgehead atoms. The molecular formula is C24H31N4O3+. The third kappa shape index (κ3) is 4.37. The summed E-state index contributed by atoms with van der Waals surface area (Å²) < 4.78 is 5.37. The lowest BCUT2D eigenvalue weighted by Crippen LogP contribution is -2.89. The van der Waals surface area contributed by atoms with Crippen LogP contribution < -0.4 is 20.3 Å². The van der Waals surface area contributed by atoms with Crippen LogP contribution in [0.3, 0.4) is 0 Å². The van der Waals surface area contributed by atoms with Crippen molar-refractivity contribution < 1.29 is 19.6 Å². The number of quaternary nitrogens is 1. The van der Waals surface area contributed by atoms with Crippen LogP contribution in [0.4, 0.5) is 5.69 Å². The average Bonchev–Trinajstić information content (AvgIpc) is 3.06. The Morgan fingerprint density at radius 1 is 1.10 bits per heavy atom. The van der Waals surface area contributed by atoms with Crippen LogP contribution in [0.1, 0.15) is 18.4 Å². The summed E-state index contributed by atoms with van der Waals surface area (Å²) in [6.07, 6.45) is 2.28. The maximum atomic E-state index is 13.5. The number of ether oxygens (including phenoxy) is 1. The van der Waals surface area contributed by atoms with E-state index in [1.807, 2.05) is 54.6 Å². The molecule has 0 aliphatic carbocycles. The first-order valence-electron chi connectivity index (χ1n) is 11.0. The third-order valence-corrected chi connectivity index (χ3v) is 6.35. The van der Waals surface area contributed by atoms with E-state index in [9.17, 15) is 9.59 Å². The van der Waals surface area contributed by atoms with E-state index in [1.165, 1.54) is 0 Å². The molecule has 2 amide bonds. The van der Waals surface area contributed by atoms with Gasteiger partial charge in [-0.1, -0.05) is 36.4 Å².